The number of methoxy groups -OCH3 is 3. The van der Waals surface area contributed by atoms with Crippen LogP contribution in [0.3, 0.4) is 0 Å². The number of hydrogen-bond acceptors (Lipinski definition) is 19. The molecular formula is C33H40O19. The second kappa shape index (κ2) is 17.7. The van der Waals surface area contributed by atoms with E-state index >= 15 is 0 Å². The van der Waals surface area contributed by atoms with Gasteiger partial charge in [-0.05, 0) is 47.5 Å². The van der Waals surface area contributed by atoms with E-state index in [0.717, 1.165) is 18.2 Å². The van der Waals surface area contributed by atoms with Crippen LogP contribution < -0.4 is 14.2 Å². The summed E-state index contributed by atoms with van der Waals surface area (Å²) in [6.45, 7) is -1.50. The van der Waals surface area contributed by atoms with Crippen molar-refractivity contribution in [2.45, 2.75) is 61.4 Å². The van der Waals surface area contributed by atoms with Gasteiger partial charge < -0.3 is 83.9 Å². The number of phenols is 3. The number of ether oxygens (including phenoxy) is 8. The Labute approximate surface area is 295 Å². The van der Waals surface area contributed by atoms with Gasteiger partial charge in [0.25, 0.3) is 0 Å². The van der Waals surface area contributed by atoms with E-state index < -0.39 is 98.1 Å². The third-order valence-corrected chi connectivity index (χ3v) is 8.03. The number of rotatable bonds is 13. The molecule has 19 nitrogen and oxygen atoms in total. The monoisotopic (exact) mass is 740 g/mol. The molecule has 0 bridgehead atoms. The molecule has 2 aliphatic heterocycles. The van der Waals surface area contributed by atoms with E-state index in [1.165, 1.54) is 51.7 Å². The summed E-state index contributed by atoms with van der Waals surface area (Å²) in [6, 6.07) is 5.20. The zero-order chi connectivity index (χ0) is 38.3. The molecule has 2 fully saturated rings. The Morgan fingerprint density at radius 3 is 1.71 bits per heavy atom. The van der Waals surface area contributed by atoms with Crippen molar-refractivity contribution in [1.82, 2.24) is 0 Å². The Morgan fingerprint density at radius 1 is 0.654 bits per heavy atom. The van der Waals surface area contributed by atoms with Gasteiger partial charge in [0.2, 0.25) is 17.8 Å². The number of aromatic hydroxyl groups is 3. The molecule has 0 radical (unpaired) electrons. The van der Waals surface area contributed by atoms with E-state index in [1.54, 1.807) is 0 Å². The van der Waals surface area contributed by atoms with E-state index in [4.69, 9.17) is 37.9 Å². The molecule has 19 heteroatoms. The van der Waals surface area contributed by atoms with Crippen LogP contribution in [0.4, 0.5) is 0 Å². The summed E-state index contributed by atoms with van der Waals surface area (Å²) < 4.78 is 42.2. The van der Waals surface area contributed by atoms with Crippen molar-refractivity contribution < 1.29 is 93.4 Å². The average molecular weight is 741 g/mol. The Balaban J connectivity index is 1.44. The molecule has 0 saturated carbocycles. The summed E-state index contributed by atoms with van der Waals surface area (Å²) in [5.74, 6) is -3.47. The van der Waals surface area contributed by atoms with Gasteiger partial charge in [-0.2, -0.15) is 0 Å². The summed E-state index contributed by atoms with van der Waals surface area (Å²) >= 11 is 0. The van der Waals surface area contributed by atoms with Crippen molar-refractivity contribution in [3.63, 3.8) is 0 Å². The first-order chi connectivity index (χ1) is 24.7. The van der Waals surface area contributed by atoms with E-state index in [1.807, 2.05) is 0 Å². The van der Waals surface area contributed by atoms with Gasteiger partial charge in [-0.3, -0.25) is 0 Å². The number of esters is 2. The first-order valence-corrected chi connectivity index (χ1v) is 15.5. The molecule has 2 heterocycles. The Kier molecular flexibility index (Phi) is 13.6. The molecule has 0 aromatic heterocycles. The number of phenolic OH excluding ortho intramolecular Hbond substituents is 3. The third kappa shape index (κ3) is 9.20. The molecule has 2 aromatic rings. The maximum atomic E-state index is 12.8. The van der Waals surface area contributed by atoms with Crippen molar-refractivity contribution in [3.05, 3.63) is 47.5 Å². The SMILES string of the molecule is COc1cc(/C=C/C(=O)O[C@@H]2O[C@H](CO[C@@H]3O[C@H](CO)[C@H](O)[C@H](O)[C@H]3OC(=O)/C=C/c3cc(OC)c(O)c(OC)c3)[C@H](O)[C@H](O)[C@H]2O)cc(O)c1O. The van der Waals surface area contributed by atoms with Crippen molar-refractivity contribution in [2.24, 2.45) is 0 Å². The second-order valence-corrected chi connectivity index (χ2v) is 11.4. The summed E-state index contributed by atoms with van der Waals surface area (Å²) in [4.78, 5) is 25.4. The van der Waals surface area contributed by atoms with Crippen LogP contribution in [-0.4, -0.2) is 154 Å². The highest BCUT2D eigenvalue weighted by molar-refractivity contribution is 5.88. The highest BCUT2D eigenvalue weighted by atomic mass is 16.7. The van der Waals surface area contributed by atoms with Crippen LogP contribution in [0.1, 0.15) is 11.1 Å². The smallest absolute Gasteiger partial charge is 0.333 e. The Bertz CT molecular complexity index is 1580. The lowest BCUT2D eigenvalue weighted by molar-refractivity contribution is -0.327. The summed E-state index contributed by atoms with van der Waals surface area (Å²) in [5.41, 5.74) is 0.551. The molecule has 2 aliphatic rings. The molecule has 10 atom stereocenters. The van der Waals surface area contributed by atoms with Crippen LogP contribution in [0.2, 0.25) is 0 Å². The van der Waals surface area contributed by atoms with Gasteiger partial charge >= 0.3 is 11.9 Å². The van der Waals surface area contributed by atoms with Crippen LogP contribution in [0.15, 0.2) is 36.4 Å². The van der Waals surface area contributed by atoms with Gasteiger partial charge in [-0.25, -0.2) is 9.59 Å². The van der Waals surface area contributed by atoms with E-state index in [2.05, 4.69) is 0 Å². The summed E-state index contributed by atoms with van der Waals surface area (Å²) in [7, 11) is 3.86. The zero-order valence-corrected chi connectivity index (χ0v) is 27.9. The van der Waals surface area contributed by atoms with Gasteiger partial charge in [0.15, 0.2) is 35.4 Å². The largest absolute Gasteiger partial charge is 0.504 e. The van der Waals surface area contributed by atoms with Gasteiger partial charge in [0.1, 0.15) is 42.7 Å². The quantitative estimate of drug-likeness (QED) is 0.0627. The van der Waals surface area contributed by atoms with Crippen molar-refractivity contribution >= 4 is 24.1 Å². The zero-order valence-electron chi connectivity index (χ0n) is 27.9. The van der Waals surface area contributed by atoms with Crippen LogP contribution in [-0.2, 0) is 33.3 Å². The molecule has 2 saturated heterocycles. The Morgan fingerprint density at radius 2 is 1.15 bits per heavy atom. The lowest BCUT2D eigenvalue weighted by Crippen LogP contribution is -2.62. The van der Waals surface area contributed by atoms with Gasteiger partial charge in [0, 0.05) is 12.2 Å². The van der Waals surface area contributed by atoms with E-state index in [9.17, 15) is 55.5 Å². The van der Waals surface area contributed by atoms with Crippen molar-refractivity contribution in [3.8, 4) is 34.5 Å². The number of aliphatic hydroxyl groups excluding tert-OH is 6. The fraction of sp³-hybridized carbons (Fsp3) is 0.455. The minimum Gasteiger partial charge on any atom is -0.504 e. The van der Waals surface area contributed by atoms with Crippen LogP contribution in [0, 0.1) is 0 Å². The minimum atomic E-state index is -1.93. The fourth-order valence-corrected chi connectivity index (χ4v) is 5.19. The highest BCUT2D eigenvalue weighted by Gasteiger charge is 2.49. The van der Waals surface area contributed by atoms with Crippen LogP contribution in [0.25, 0.3) is 12.2 Å². The average Bonchev–Trinajstić information content (AvgIpc) is 3.13. The predicted octanol–water partition coefficient (Wildman–Crippen LogP) is -1.73. The van der Waals surface area contributed by atoms with Crippen LogP contribution >= 0.6 is 0 Å². The normalized spacial score (nSPS) is 29.2. The highest BCUT2D eigenvalue weighted by Crippen LogP contribution is 2.38. The number of benzene rings is 2. The summed E-state index contributed by atoms with van der Waals surface area (Å²) in [6.07, 6.45) is -13.3. The molecule has 9 N–H and O–H groups in total. The van der Waals surface area contributed by atoms with E-state index in [-0.39, 0.29) is 28.6 Å². The second-order valence-electron chi connectivity index (χ2n) is 11.4. The molecular weight excluding hydrogens is 700 g/mol. The van der Waals surface area contributed by atoms with Crippen molar-refractivity contribution in [1.29, 1.82) is 0 Å². The lowest BCUT2D eigenvalue weighted by atomic mass is 9.98. The maximum Gasteiger partial charge on any atom is 0.333 e. The lowest BCUT2D eigenvalue weighted by Gasteiger charge is -2.43. The first kappa shape index (κ1) is 40.1. The molecule has 4 rings (SSSR count). The minimum absolute atomic E-state index is 0.0459. The summed E-state index contributed by atoms with van der Waals surface area (Å²) in [5, 5.41) is 92.1. The van der Waals surface area contributed by atoms with E-state index in [0.29, 0.717) is 5.56 Å². The number of hydrogen-bond donors (Lipinski definition) is 9. The molecule has 52 heavy (non-hydrogen) atoms. The van der Waals surface area contributed by atoms with Gasteiger partial charge in [-0.1, -0.05) is 0 Å². The predicted molar refractivity (Wildman–Crippen MR) is 172 cm³/mol. The number of aliphatic hydroxyl groups is 6. The molecule has 0 aliphatic carbocycles. The van der Waals surface area contributed by atoms with Gasteiger partial charge in [-0.15, -0.1) is 0 Å². The van der Waals surface area contributed by atoms with Crippen molar-refractivity contribution in [2.75, 3.05) is 34.5 Å². The maximum absolute atomic E-state index is 12.8. The first-order valence-electron chi connectivity index (χ1n) is 15.5. The van der Waals surface area contributed by atoms with Gasteiger partial charge in [0.05, 0.1) is 34.5 Å². The van der Waals surface area contributed by atoms with Crippen LogP contribution in [0.5, 0.6) is 34.5 Å². The number of carbonyl (C=O) groups excluding carboxylic acids is 2. The molecule has 0 spiro atoms. The third-order valence-electron chi connectivity index (χ3n) is 8.03. The molecule has 286 valence electrons. The molecule has 0 unspecified atom stereocenters. The number of carbonyl (C=O) groups is 2. The molecule has 2 aromatic carbocycles. The standard InChI is InChI=1S/C33H40O19/c1-45-17-9-14(8-16(35)24(17)38)4-7-23(37)52-32-30(44)28(42)27(41)21(50-32)13-48-33-31(29(43)26(40)20(12-34)49-33)51-22(36)6-5-15-10-18(46-2)25(39)19(11-15)47-3/h4-11,20-21,26-35,38-44H,12-13H2,1-3H3/b6-5+,7-4+/t20-,21-,26+,27+,28+,29+,30-,31-,32+,33-/m1/s1. The fourth-order valence-electron chi connectivity index (χ4n) is 5.19. The molecule has 0 amide bonds. The Hall–Kier alpha value is -4.70. The topological polar surface area (TPSA) is 290 Å².